The van der Waals surface area contributed by atoms with Crippen LogP contribution >= 0.6 is 0 Å². The molecule has 1 aliphatic carbocycles. The Hall–Kier alpha value is -0.870. The summed E-state index contributed by atoms with van der Waals surface area (Å²) in [6.07, 6.45) is 4.17. The summed E-state index contributed by atoms with van der Waals surface area (Å²) in [5, 5.41) is 18.1. The van der Waals surface area contributed by atoms with Gasteiger partial charge >= 0.3 is 0 Å². The molecule has 4 heteroatoms. The van der Waals surface area contributed by atoms with Crippen molar-refractivity contribution in [3.63, 3.8) is 0 Å². The quantitative estimate of drug-likeness (QED) is 0.864. The summed E-state index contributed by atoms with van der Waals surface area (Å²) in [6, 6.07) is 0.476. The Morgan fingerprint density at radius 2 is 2.00 bits per heavy atom. The number of rotatable bonds is 3. The molecule has 1 aromatic heterocycles. The molecule has 0 saturated heterocycles. The molecular formula is C14H25N3O. The number of aromatic nitrogens is 2. The van der Waals surface area contributed by atoms with Gasteiger partial charge in [-0.1, -0.05) is 12.8 Å². The summed E-state index contributed by atoms with van der Waals surface area (Å²) in [6.45, 7) is 6.32. The largest absolute Gasteiger partial charge is 0.392 e. The normalized spacial score (nSPS) is 26.3. The van der Waals surface area contributed by atoms with Crippen molar-refractivity contribution in [3.8, 4) is 0 Å². The van der Waals surface area contributed by atoms with Crippen LogP contribution in [0.2, 0.25) is 0 Å². The van der Waals surface area contributed by atoms with E-state index in [2.05, 4.69) is 31.2 Å². The van der Waals surface area contributed by atoms with Crippen molar-refractivity contribution in [1.29, 1.82) is 0 Å². The molecule has 0 spiro atoms. The molecule has 1 aromatic rings. The molecule has 1 heterocycles. The third kappa shape index (κ3) is 2.59. The first-order valence-corrected chi connectivity index (χ1v) is 6.95. The fraction of sp³-hybridized carbons (Fsp3) is 0.786. The summed E-state index contributed by atoms with van der Waals surface area (Å²) in [7, 11) is 1.98. The van der Waals surface area contributed by atoms with E-state index in [0.717, 1.165) is 25.0 Å². The summed E-state index contributed by atoms with van der Waals surface area (Å²) < 4.78 is 1.93. The van der Waals surface area contributed by atoms with Gasteiger partial charge in [0.25, 0.3) is 0 Å². The predicted molar refractivity (Wildman–Crippen MR) is 72.5 cm³/mol. The second kappa shape index (κ2) is 5.41. The molecule has 0 bridgehead atoms. The zero-order chi connectivity index (χ0) is 13.3. The number of aryl methyl sites for hydroxylation is 2. The molecule has 2 N–H and O–H groups in total. The minimum atomic E-state index is -0.196. The fourth-order valence-corrected chi connectivity index (χ4v) is 3.13. The third-order valence-corrected chi connectivity index (χ3v) is 4.19. The Morgan fingerprint density at radius 3 is 2.56 bits per heavy atom. The van der Waals surface area contributed by atoms with Crippen LogP contribution in [0.1, 0.15) is 55.6 Å². The Labute approximate surface area is 109 Å². The Kier molecular flexibility index (Phi) is 4.07. The van der Waals surface area contributed by atoms with Gasteiger partial charge in [0, 0.05) is 30.4 Å². The maximum atomic E-state index is 10.0. The van der Waals surface area contributed by atoms with Gasteiger partial charge in [-0.05, 0) is 33.6 Å². The van der Waals surface area contributed by atoms with Gasteiger partial charge in [0.05, 0.1) is 11.8 Å². The number of aliphatic hydroxyl groups excluding tert-OH is 1. The summed E-state index contributed by atoms with van der Waals surface area (Å²) in [5.74, 6) is 0. The summed E-state index contributed by atoms with van der Waals surface area (Å²) in [5.41, 5.74) is 3.56. The first-order valence-electron chi connectivity index (χ1n) is 6.95. The van der Waals surface area contributed by atoms with Gasteiger partial charge in [0.15, 0.2) is 0 Å². The molecule has 1 aliphatic rings. The Balaban J connectivity index is 2.09. The second-order valence-corrected chi connectivity index (χ2v) is 5.55. The topological polar surface area (TPSA) is 50.1 Å². The molecule has 3 unspecified atom stereocenters. The zero-order valence-corrected chi connectivity index (χ0v) is 11.9. The van der Waals surface area contributed by atoms with Crippen molar-refractivity contribution in [1.82, 2.24) is 15.1 Å². The molecule has 0 aromatic carbocycles. The maximum Gasteiger partial charge on any atom is 0.0693 e. The van der Waals surface area contributed by atoms with Crippen molar-refractivity contribution in [2.75, 3.05) is 0 Å². The van der Waals surface area contributed by atoms with Crippen LogP contribution in [0, 0.1) is 13.8 Å². The van der Waals surface area contributed by atoms with Gasteiger partial charge < -0.3 is 10.4 Å². The smallest absolute Gasteiger partial charge is 0.0693 e. The lowest BCUT2D eigenvalue weighted by Crippen LogP contribution is -2.43. The first-order chi connectivity index (χ1) is 8.50. The van der Waals surface area contributed by atoms with E-state index in [1.165, 1.54) is 17.7 Å². The van der Waals surface area contributed by atoms with E-state index >= 15 is 0 Å². The molecule has 0 radical (unpaired) electrons. The average Bonchev–Trinajstić information content (AvgIpc) is 2.56. The minimum Gasteiger partial charge on any atom is -0.392 e. The Bertz CT molecular complexity index is 413. The standard InChI is InChI=1S/C14H25N3O/c1-9(14-10(2)16-17(4)11(14)3)15-12-7-5-6-8-13(12)18/h9,12-13,15,18H,5-8H2,1-4H3. The predicted octanol–water partition coefficient (Wildman–Crippen LogP) is 1.99. The van der Waals surface area contributed by atoms with Gasteiger partial charge in [-0.15, -0.1) is 0 Å². The lowest BCUT2D eigenvalue weighted by molar-refractivity contribution is 0.0859. The SMILES string of the molecule is Cc1nn(C)c(C)c1C(C)NC1CCCCC1O. The van der Waals surface area contributed by atoms with Gasteiger partial charge in [0.2, 0.25) is 0 Å². The van der Waals surface area contributed by atoms with Gasteiger partial charge in [0.1, 0.15) is 0 Å². The van der Waals surface area contributed by atoms with Crippen LogP contribution < -0.4 is 5.32 Å². The van der Waals surface area contributed by atoms with E-state index in [1.54, 1.807) is 0 Å². The van der Waals surface area contributed by atoms with Crippen LogP contribution in [-0.2, 0) is 7.05 Å². The van der Waals surface area contributed by atoms with Crippen molar-refractivity contribution in [3.05, 3.63) is 17.0 Å². The average molecular weight is 251 g/mol. The van der Waals surface area contributed by atoms with Crippen molar-refractivity contribution >= 4 is 0 Å². The molecule has 4 nitrogen and oxygen atoms in total. The van der Waals surface area contributed by atoms with E-state index in [-0.39, 0.29) is 18.2 Å². The monoisotopic (exact) mass is 251 g/mol. The van der Waals surface area contributed by atoms with E-state index in [4.69, 9.17) is 0 Å². The van der Waals surface area contributed by atoms with Crippen molar-refractivity contribution < 1.29 is 5.11 Å². The second-order valence-electron chi connectivity index (χ2n) is 5.55. The molecule has 1 fully saturated rings. The number of hydrogen-bond acceptors (Lipinski definition) is 3. The summed E-state index contributed by atoms with van der Waals surface area (Å²) >= 11 is 0. The van der Waals surface area contributed by atoms with Crippen LogP contribution in [0.25, 0.3) is 0 Å². The lowest BCUT2D eigenvalue weighted by atomic mass is 9.91. The van der Waals surface area contributed by atoms with E-state index in [1.807, 2.05) is 11.7 Å². The van der Waals surface area contributed by atoms with Gasteiger partial charge in [-0.2, -0.15) is 5.10 Å². The Morgan fingerprint density at radius 1 is 1.33 bits per heavy atom. The lowest BCUT2D eigenvalue weighted by Gasteiger charge is -2.31. The minimum absolute atomic E-state index is 0.196. The highest BCUT2D eigenvalue weighted by Crippen LogP contribution is 2.25. The van der Waals surface area contributed by atoms with E-state index in [0.29, 0.717) is 0 Å². The van der Waals surface area contributed by atoms with Crippen LogP contribution in [0.4, 0.5) is 0 Å². The highest BCUT2D eigenvalue weighted by atomic mass is 16.3. The fourth-order valence-electron chi connectivity index (χ4n) is 3.13. The number of nitrogens with zero attached hydrogens (tertiary/aromatic N) is 2. The number of nitrogens with one attached hydrogen (secondary N) is 1. The van der Waals surface area contributed by atoms with Crippen molar-refractivity contribution in [2.24, 2.45) is 7.05 Å². The molecular weight excluding hydrogens is 226 g/mol. The van der Waals surface area contributed by atoms with E-state index < -0.39 is 0 Å². The third-order valence-electron chi connectivity index (χ3n) is 4.19. The highest BCUT2D eigenvalue weighted by Gasteiger charge is 2.26. The van der Waals surface area contributed by atoms with Gasteiger partial charge in [-0.3, -0.25) is 4.68 Å². The molecule has 102 valence electrons. The van der Waals surface area contributed by atoms with Crippen molar-refractivity contribution in [2.45, 2.75) is 64.6 Å². The van der Waals surface area contributed by atoms with Crippen LogP contribution in [0.5, 0.6) is 0 Å². The molecule has 0 amide bonds. The number of hydrogen-bond donors (Lipinski definition) is 2. The zero-order valence-electron chi connectivity index (χ0n) is 11.9. The summed E-state index contributed by atoms with van der Waals surface area (Å²) in [4.78, 5) is 0. The molecule has 1 saturated carbocycles. The molecule has 2 rings (SSSR count). The van der Waals surface area contributed by atoms with Gasteiger partial charge in [-0.25, -0.2) is 0 Å². The van der Waals surface area contributed by atoms with E-state index in [9.17, 15) is 5.11 Å². The first kappa shape index (κ1) is 13.6. The molecule has 18 heavy (non-hydrogen) atoms. The van der Waals surface area contributed by atoms with Crippen LogP contribution in [-0.4, -0.2) is 27.0 Å². The highest BCUT2D eigenvalue weighted by molar-refractivity contribution is 5.27. The van der Waals surface area contributed by atoms with Crippen LogP contribution in [0.3, 0.4) is 0 Å². The number of aliphatic hydroxyl groups is 1. The maximum absolute atomic E-state index is 10.0. The molecule has 3 atom stereocenters. The van der Waals surface area contributed by atoms with Crippen LogP contribution in [0.15, 0.2) is 0 Å². The molecule has 0 aliphatic heterocycles.